The molecule has 1 aromatic rings. The van der Waals surface area contributed by atoms with Crippen molar-refractivity contribution in [3.8, 4) is 0 Å². The summed E-state index contributed by atoms with van der Waals surface area (Å²) in [6.07, 6.45) is -0.930. The van der Waals surface area contributed by atoms with Crippen molar-refractivity contribution in [3.63, 3.8) is 0 Å². The molecule has 1 atom stereocenters. The summed E-state index contributed by atoms with van der Waals surface area (Å²) in [6.45, 7) is -0.735. The first-order valence-corrected chi connectivity index (χ1v) is 4.98. The fourth-order valence-electron chi connectivity index (χ4n) is 0.491. The number of halogens is 1. The average molecular weight is 209 g/mol. The summed E-state index contributed by atoms with van der Waals surface area (Å²) in [4.78, 5) is 0. The SMILES string of the molecule is Nc1nnc(SCC(O)CF)s1. The maximum atomic E-state index is 11.8. The van der Waals surface area contributed by atoms with Crippen molar-refractivity contribution >= 4 is 28.2 Å². The Balaban J connectivity index is 2.33. The van der Waals surface area contributed by atoms with Crippen LogP contribution in [0.1, 0.15) is 0 Å². The Labute approximate surface area is 77.0 Å². The van der Waals surface area contributed by atoms with Crippen LogP contribution >= 0.6 is 23.1 Å². The molecule has 68 valence electrons. The molecular weight excluding hydrogens is 201 g/mol. The molecule has 0 aliphatic heterocycles. The van der Waals surface area contributed by atoms with Crippen LogP contribution in [0.15, 0.2) is 4.34 Å². The number of aromatic nitrogens is 2. The maximum Gasteiger partial charge on any atom is 0.203 e. The number of nitrogens with zero attached hydrogens (tertiary/aromatic N) is 2. The Morgan fingerprint density at radius 2 is 2.42 bits per heavy atom. The van der Waals surface area contributed by atoms with Gasteiger partial charge in [-0.05, 0) is 0 Å². The average Bonchev–Trinajstić information content (AvgIpc) is 2.47. The van der Waals surface area contributed by atoms with Crippen LogP contribution in [0.3, 0.4) is 0 Å². The minimum atomic E-state index is -0.930. The number of nitrogens with two attached hydrogens (primary N) is 1. The number of hydrogen-bond acceptors (Lipinski definition) is 6. The molecule has 1 heterocycles. The van der Waals surface area contributed by atoms with Crippen molar-refractivity contribution in [2.45, 2.75) is 10.4 Å². The number of hydrogen-bond donors (Lipinski definition) is 2. The summed E-state index contributed by atoms with van der Waals surface area (Å²) in [5, 5.41) is 16.5. The molecule has 1 unspecified atom stereocenters. The van der Waals surface area contributed by atoms with Crippen LogP contribution in [0.25, 0.3) is 0 Å². The molecule has 1 rings (SSSR count). The van der Waals surface area contributed by atoms with Crippen LogP contribution < -0.4 is 5.73 Å². The van der Waals surface area contributed by atoms with E-state index in [1.807, 2.05) is 0 Å². The Morgan fingerprint density at radius 3 is 2.92 bits per heavy atom. The van der Waals surface area contributed by atoms with Gasteiger partial charge in [-0.1, -0.05) is 23.1 Å². The third kappa shape index (κ3) is 2.92. The van der Waals surface area contributed by atoms with Gasteiger partial charge in [0, 0.05) is 5.75 Å². The predicted octanol–water partition coefficient (Wildman–Crippen LogP) is 0.543. The van der Waals surface area contributed by atoms with E-state index in [-0.39, 0.29) is 5.75 Å². The van der Waals surface area contributed by atoms with E-state index in [1.54, 1.807) is 0 Å². The minimum Gasteiger partial charge on any atom is -0.390 e. The zero-order valence-corrected chi connectivity index (χ0v) is 7.74. The van der Waals surface area contributed by atoms with E-state index in [4.69, 9.17) is 10.8 Å². The lowest BCUT2D eigenvalue weighted by molar-refractivity contribution is 0.162. The Morgan fingerprint density at radius 1 is 1.67 bits per heavy atom. The summed E-state index contributed by atoms with van der Waals surface area (Å²) in [7, 11) is 0. The molecule has 3 N–H and O–H groups in total. The van der Waals surface area contributed by atoms with Crippen molar-refractivity contribution in [3.05, 3.63) is 0 Å². The first-order chi connectivity index (χ1) is 5.72. The first-order valence-electron chi connectivity index (χ1n) is 3.18. The summed E-state index contributed by atoms with van der Waals surface area (Å²) < 4.78 is 12.4. The van der Waals surface area contributed by atoms with Gasteiger partial charge in [-0.25, -0.2) is 4.39 Å². The molecule has 0 fully saturated rings. The number of aliphatic hydroxyl groups is 1. The fraction of sp³-hybridized carbons (Fsp3) is 0.600. The zero-order valence-electron chi connectivity index (χ0n) is 6.11. The number of thioether (sulfide) groups is 1. The fourth-order valence-corrected chi connectivity index (χ4v) is 2.05. The quantitative estimate of drug-likeness (QED) is 0.708. The number of aliphatic hydroxyl groups excluding tert-OH is 1. The van der Waals surface area contributed by atoms with Crippen LogP contribution in [0.2, 0.25) is 0 Å². The largest absolute Gasteiger partial charge is 0.390 e. The lowest BCUT2D eigenvalue weighted by atomic mass is 10.5. The highest BCUT2D eigenvalue weighted by Gasteiger charge is 2.06. The number of anilines is 1. The molecule has 1 aromatic heterocycles. The molecule has 0 aromatic carbocycles. The molecular formula is C5H8FN3OS2. The highest BCUT2D eigenvalue weighted by Crippen LogP contribution is 2.23. The van der Waals surface area contributed by atoms with Gasteiger partial charge in [0.05, 0.1) is 6.10 Å². The topological polar surface area (TPSA) is 72.0 Å². The van der Waals surface area contributed by atoms with Crippen molar-refractivity contribution in [1.29, 1.82) is 0 Å². The predicted molar refractivity (Wildman–Crippen MR) is 47.0 cm³/mol. The van der Waals surface area contributed by atoms with Crippen molar-refractivity contribution < 1.29 is 9.50 Å². The molecule has 0 saturated carbocycles. The van der Waals surface area contributed by atoms with Crippen LogP contribution in [-0.4, -0.2) is 33.8 Å². The third-order valence-corrected chi connectivity index (χ3v) is 3.03. The standard InChI is InChI=1S/C5H8FN3OS2/c6-1-3(10)2-11-5-9-8-4(7)12-5/h3,10H,1-2H2,(H2,7,8). The van der Waals surface area contributed by atoms with Crippen molar-refractivity contribution in [1.82, 2.24) is 10.2 Å². The Bertz CT molecular complexity index is 244. The number of alkyl halides is 1. The van der Waals surface area contributed by atoms with Gasteiger partial charge in [-0.2, -0.15) is 0 Å². The summed E-state index contributed by atoms with van der Waals surface area (Å²) in [5.74, 6) is 0.283. The Hall–Kier alpha value is -0.400. The van der Waals surface area contributed by atoms with Crippen molar-refractivity contribution in [2.75, 3.05) is 18.2 Å². The van der Waals surface area contributed by atoms with Gasteiger partial charge < -0.3 is 10.8 Å². The highest BCUT2D eigenvalue weighted by atomic mass is 32.2. The van der Waals surface area contributed by atoms with Gasteiger partial charge in [0.1, 0.15) is 6.67 Å². The smallest absolute Gasteiger partial charge is 0.203 e. The minimum absolute atomic E-state index is 0.283. The van der Waals surface area contributed by atoms with Gasteiger partial charge in [-0.15, -0.1) is 10.2 Å². The van der Waals surface area contributed by atoms with Gasteiger partial charge in [0.25, 0.3) is 0 Å². The second-order valence-electron chi connectivity index (χ2n) is 2.03. The monoisotopic (exact) mass is 209 g/mol. The number of rotatable bonds is 4. The molecule has 0 aliphatic rings. The summed E-state index contributed by atoms with van der Waals surface area (Å²) in [5.41, 5.74) is 5.31. The lowest BCUT2D eigenvalue weighted by Crippen LogP contribution is -2.11. The molecule has 0 radical (unpaired) electrons. The molecule has 0 saturated heterocycles. The first kappa shape index (κ1) is 9.69. The van der Waals surface area contributed by atoms with E-state index < -0.39 is 12.8 Å². The van der Waals surface area contributed by atoms with E-state index >= 15 is 0 Å². The maximum absolute atomic E-state index is 11.8. The molecule has 12 heavy (non-hydrogen) atoms. The zero-order chi connectivity index (χ0) is 8.97. The van der Waals surface area contributed by atoms with Crippen LogP contribution in [-0.2, 0) is 0 Å². The van der Waals surface area contributed by atoms with Crippen LogP contribution in [0.5, 0.6) is 0 Å². The van der Waals surface area contributed by atoms with E-state index in [0.29, 0.717) is 9.47 Å². The van der Waals surface area contributed by atoms with E-state index in [0.717, 1.165) is 0 Å². The van der Waals surface area contributed by atoms with E-state index in [2.05, 4.69) is 10.2 Å². The second-order valence-corrected chi connectivity index (χ2v) is 4.30. The molecule has 0 aliphatic carbocycles. The molecule has 4 nitrogen and oxygen atoms in total. The second kappa shape index (κ2) is 4.58. The Kier molecular flexibility index (Phi) is 3.70. The van der Waals surface area contributed by atoms with Crippen molar-refractivity contribution in [2.24, 2.45) is 0 Å². The normalized spacial score (nSPS) is 13.2. The molecule has 0 bridgehead atoms. The molecule has 0 spiro atoms. The lowest BCUT2D eigenvalue weighted by Gasteiger charge is -2.01. The summed E-state index contributed by atoms with van der Waals surface area (Å²) >= 11 is 2.47. The highest BCUT2D eigenvalue weighted by molar-refractivity contribution is 8.01. The van der Waals surface area contributed by atoms with Gasteiger partial charge in [-0.3, -0.25) is 0 Å². The van der Waals surface area contributed by atoms with Gasteiger partial charge >= 0.3 is 0 Å². The molecule has 7 heteroatoms. The number of nitrogen functional groups attached to an aromatic ring is 1. The van der Waals surface area contributed by atoms with Gasteiger partial charge in [0.15, 0.2) is 4.34 Å². The van der Waals surface area contributed by atoms with E-state index in [9.17, 15) is 4.39 Å². The van der Waals surface area contributed by atoms with Crippen LogP contribution in [0.4, 0.5) is 9.52 Å². The van der Waals surface area contributed by atoms with Gasteiger partial charge in [0.2, 0.25) is 5.13 Å². The summed E-state index contributed by atoms with van der Waals surface area (Å²) in [6, 6.07) is 0. The third-order valence-electron chi connectivity index (χ3n) is 0.999. The van der Waals surface area contributed by atoms with E-state index in [1.165, 1.54) is 23.1 Å². The van der Waals surface area contributed by atoms with Crippen LogP contribution in [0, 0.1) is 0 Å². The molecule has 0 amide bonds.